The number of nitrogens with one attached hydrogen (secondary N) is 1. The molecule has 0 aromatic carbocycles. The summed E-state index contributed by atoms with van der Waals surface area (Å²) in [7, 11) is 0. The van der Waals surface area contributed by atoms with Crippen LogP contribution in [0.25, 0.3) is 0 Å². The molecule has 4 nitrogen and oxygen atoms in total. The average Bonchev–Trinajstić information content (AvgIpc) is 3.26. The fraction of sp³-hybridized carbons (Fsp3) is 1.00. The SMILES string of the molecule is OCCCN(CC1(CNC2CC2)CCOCC1)C1CCC1. The zero-order valence-electron chi connectivity index (χ0n) is 13.4. The van der Waals surface area contributed by atoms with Gasteiger partial charge in [-0.15, -0.1) is 0 Å². The lowest BCUT2D eigenvalue weighted by molar-refractivity contribution is -0.0211. The van der Waals surface area contributed by atoms with E-state index in [1.54, 1.807) is 0 Å². The Balaban J connectivity index is 1.58. The molecule has 0 radical (unpaired) electrons. The molecule has 0 aromatic rings. The van der Waals surface area contributed by atoms with Gasteiger partial charge < -0.3 is 15.2 Å². The predicted molar refractivity (Wildman–Crippen MR) is 84.4 cm³/mol. The van der Waals surface area contributed by atoms with Gasteiger partial charge in [-0.1, -0.05) is 6.42 Å². The summed E-state index contributed by atoms with van der Waals surface area (Å²) in [6.07, 6.45) is 10.1. The lowest BCUT2D eigenvalue weighted by Crippen LogP contribution is -2.52. The van der Waals surface area contributed by atoms with Crippen LogP contribution in [0.15, 0.2) is 0 Å². The molecular formula is C17H32N2O2. The maximum absolute atomic E-state index is 9.18. The van der Waals surface area contributed by atoms with E-state index in [4.69, 9.17) is 4.74 Å². The molecule has 4 heteroatoms. The first-order valence-corrected chi connectivity index (χ1v) is 8.97. The van der Waals surface area contributed by atoms with Crippen LogP contribution in [0, 0.1) is 5.41 Å². The van der Waals surface area contributed by atoms with E-state index in [1.807, 2.05) is 0 Å². The van der Waals surface area contributed by atoms with Crippen LogP contribution in [0.2, 0.25) is 0 Å². The highest BCUT2D eigenvalue weighted by Gasteiger charge is 2.38. The van der Waals surface area contributed by atoms with Crippen molar-refractivity contribution in [1.29, 1.82) is 0 Å². The van der Waals surface area contributed by atoms with Gasteiger partial charge >= 0.3 is 0 Å². The summed E-state index contributed by atoms with van der Waals surface area (Å²) in [5.41, 5.74) is 0.395. The molecule has 0 atom stereocenters. The number of aliphatic hydroxyl groups excluding tert-OH is 1. The Morgan fingerprint density at radius 3 is 2.48 bits per heavy atom. The maximum Gasteiger partial charge on any atom is 0.0472 e. The fourth-order valence-corrected chi connectivity index (χ4v) is 3.69. The van der Waals surface area contributed by atoms with Crippen LogP contribution >= 0.6 is 0 Å². The number of nitrogens with zero attached hydrogens (tertiary/aromatic N) is 1. The number of rotatable bonds is 9. The van der Waals surface area contributed by atoms with Gasteiger partial charge in [0.25, 0.3) is 0 Å². The Kier molecular flexibility index (Phi) is 5.54. The molecule has 0 spiro atoms. The zero-order chi connectivity index (χ0) is 14.5. The minimum Gasteiger partial charge on any atom is -0.396 e. The molecule has 2 aliphatic carbocycles. The van der Waals surface area contributed by atoms with Gasteiger partial charge in [0.2, 0.25) is 0 Å². The van der Waals surface area contributed by atoms with Gasteiger partial charge in [0.15, 0.2) is 0 Å². The first kappa shape index (κ1) is 15.7. The van der Waals surface area contributed by atoms with E-state index in [1.165, 1.54) is 51.5 Å². The van der Waals surface area contributed by atoms with Crippen molar-refractivity contribution in [2.24, 2.45) is 5.41 Å². The summed E-state index contributed by atoms with van der Waals surface area (Å²) in [6.45, 7) is 5.58. The average molecular weight is 296 g/mol. The van der Waals surface area contributed by atoms with Gasteiger partial charge in [-0.2, -0.15) is 0 Å². The molecule has 1 saturated heterocycles. The second-order valence-electron chi connectivity index (χ2n) is 7.40. The van der Waals surface area contributed by atoms with Crippen molar-refractivity contribution in [2.75, 3.05) is 39.5 Å². The minimum absolute atomic E-state index is 0.319. The third-order valence-corrected chi connectivity index (χ3v) is 5.63. The normalized spacial score (nSPS) is 26.0. The Morgan fingerprint density at radius 1 is 1.14 bits per heavy atom. The second-order valence-corrected chi connectivity index (χ2v) is 7.40. The first-order valence-electron chi connectivity index (χ1n) is 8.97. The third kappa shape index (κ3) is 4.41. The summed E-state index contributed by atoms with van der Waals surface area (Å²) in [5, 5.41) is 13.0. The molecule has 1 heterocycles. The number of aliphatic hydroxyl groups is 1. The van der Waals surface area contributed by atoms with E-state index in [9.17, 15) is 5.11 Å². The molecule has 0 aromatic heterocycles. The fourth-order valence-electron chi connectivity index (χ4n) is 3.69. The summed E-state index contributed by atoms with van der Waals surface area (Å²) >= 11 is 0. The topological polar surface area (TPSA) is 44.7 Å². The van der Waals surface area contributed by atoms with Gasteiger partial charge in [0.05, 0.1) is 0 Å². The van der Waals surface area contributed by atoms with Crippen molar-refractivity contribution in [3.63, 3.8) is 0 Å². The lowest BCUT2D eigenvalue weighted by atomic mass is 9.78. The van der Waals surface area contributed by atoms with Crippen LogP contribution in [0.5, 0.6) is 0 Å². The molecule has 2 N–H and O–H groups in total. The van der Waals surface area contributed by atoms with Gasteiger partial charge in [0.1, 0.15) is 0 Å². The number of ether oxygens (including phenoxy) is 1. The molecule has 2 saturated carbocycles. The molecule has 3 aliphatic rings. The third-order valence-electron chi connectivity index (χ3n) is 5.63. The van der Waals surface area contributed by atoms with E-state index in [0.717, 1.165) is 44.8 Å². The van der Waals surface area contributed by atoms with Crippen molar-refractivity contribution in [3.8, 4) is 0 Å². The highest BCUT2D eigenvalue weighted by atomic mass is 16.5. The van der Waals surface area contributed by atoms with Crippen LogP contribution in [0.3, 0.4) is 0 Å². The molecule has 1 aliphatic heterocycles. The predicted octanol–water partition coefficient (Wildman–Crippen LogP) is 1.77. The van der Waals surface area contributed by atoms with E-state index >= 15 is 0 Å². The van der Waals surface area contributed by atoms with Crippen molar-refractivity contribution >= 4 is 0 Å². The Hall–Kier alpha value is -0.160. The van der Waals surface area contributed by atoms with Crippen LogP contribution in [-0.4, -0.2) is 61.5 Å². The molecule has 0 amide bonds. The second kappa shape index (κ2) is 7.40. The van der Waals surface area contributed by atoms with E-state index < -0.39 is 0 Å². The maximum atomic E-state index is 9.18. The minimum atomic E-state index is 0.319. The molecule has 21 heavy (non-hydrogen) atoms. The summed E-state index contributed by atoms with van der Waals surface area (Å²) in [4.78, 5) is 2.68. The molecule has 3 fully saturated rings. The van der Waals surface area contributed by atoms with Crippen LogP contribution in [0.4, 0.5) is 0 Å². The summed E-state index contributed by atoms with van der Waals surface area (Å²) in [5.74, 6) is 0. The molecule has 122 valence electrons. The lowest BCUT2D eigenvalue weighted by Gasteiger charge is -2.46. The van der Waals surface area contributed by atoms with Crippen LogP contribution in [0.1, 0.15) is 51.4 Å². The Bertz CT molecular complexity index is 310. The number of hydrogen-bond donors (Lipinski definition) is 2. The van der Waals surface area contributed by atoms with E-state index in [2.05, 4.69) is 10.2 Å². The highest BCUT2D eigenvalue weighted by Crippen LogP contribution is 2.35. The van der Waals surface area contributed by atoms with Gasteiger partial charge in [0, 0.05) is 51.5 Å². The Labute approximate surface area is 129 Å². The largest absolute Gasteiger partial charge is 0.396 e. The van der Waals surface area contributed by atoms with E-state index in [-0.39, 0.29) is 0 Å². The summed E-state index contributed by atoms with van der Waals surface area (Å²) < 4.78 is 5.62. The Morgan fingerprint density at radius 2 is 1.90 bits per heavy atom. The van der Waals surface area contributed by atoms with Gasteiger partial charge in [-0.05, 0) is 50.4 Å². The molecule has 3 rings (SSSR count). The quantitative estimate of drug-likeness (QED) is 0.681. The standard InChI is InChI=1S/C17H32N2O2/c20-10-2-9-19(16-3-1-4-16)14-17(7-11-21-12-8-17)13-18-15-5-6-15/h15-16,18,20H,1-14H2. The highest BCUT2D eigenvalue weighted by molar-refractivity contribution is 4.93. The van der Waals surface area contributed by atoms with Crippen LogP contribution in [-0.2, 0) is 4.74 Å². The van der Waals surface area contributed by atoms with Crippen molar-refractivity contribution in [3.05, 3.63) is 0 Å². The van der Waals surface area contributed by atoms with Crippen LogP contribution < -0.4 is 5.32 Å². The van der Waals surface area contributed by atoms with Gasteiger partial charge in [-0.25, -0.2) is 0 Å². The molecular weight excluding hydrogens is 264 g/mol. The number of hydrogen-bond acceptors (Lipinski definition) is 4. The van der Waals surface area contributed by atoms with Crippen molar-refractivity contribution < 1.29 is 9.84 Å². The first-order chi connectivity index (χ1) is 10.3. The van der Waals surface area contributed by atoms with E-state index in [0.29, 0.717) is 12.0 Å². The smallest absolute Gasteiger partial charge is 0.0472 e. The molecule has 0 unspecified atom stereocenters. The summed E-state index contributed by atoms with van der Waals surface area (Å²) in [6, 6.07) is 1.57. The van der Waals surface area contributed by atoms with Crippen molar-refractivity contribution in [2.45, 2.75) is 63.5 Å². The van der Waals surface area contributed by atoms with Crippen molar-refractivity contribution in [1.82, 2.24) is 10.2 Å². The monoisotopic (exact) mass is 296 g/mol. The van der Waals surface area contributed by atoms with Gasteiger partial charge in [-0.3, -0.25) is 4.90 Å². The molecule has 0 bridgehead atoms. The zero-order valence-corrected chi connectivity index (χ0v) is 13.4.